The number of imidazole rings is 1. The van der Waals surface area contributed by atoms with E-state index in [1.165, 1.54) is 4.90 Å². The van der Waals surface area contributed by atoms with Crippen molar-refractivity contribution < 1.29 is 18.0 Å². The van der Waals surface area contributed by atoms with Gasteiger partial charge < -0.3 is 9.47 Å². The quantitative estimate of drug-likeness (QED) is 0.826. The molecule has 130 valence electrons. The Labute approximate surface area is 134 Å². The summed E-state index contributed by atoms with van der Waals surface area (Å²) in [5.74, 6) is 0.135. The first-order valence-corrected chi connectivity index (χ1v) is 8.08. The Hall–Kier alpha value is -1.53. The van der Waals surface area contributed by atoms with Crippen molar-refractivity contribution in [1.29, 1.82) is 0 Å². The van der Waals surface area contributed by atoms with E-state index in [-0.39, 0.29) is 6.04 Å². The summed E-state index contributed by atoms with van der Waals surface area (Å²) in [5.41, 5.74) is 1.08. The van der Waals surface area contributed by atoms with Crippen LogP contribution >= 0.6 is 0 Å². The molecule has 1 atom stereocenters. The lowest BCUT2D eigenvalue weighted by Gasteiger charge is -2.25. The maximum absolute atomic E-state index is 12.4. The maximum Gasteiger partial charge on any atom is 0.397 e. The third kappa shape index (κ3) is 4.48. The summed E-state index contributed by atoms with van der Waals surface area (Å²) in [6.45, 7) is 6.57. The van der Waals surface area contributed by atoms with Crippen LogP contribution in [0.2, 0.25) is 0 Å². The van der Waals surface area contributed by atoms with Gasteiger partial charge in [-0.3, -0.25) is 4.79 Å². The Balaban J connectivity index is 1.98. The highest BCUT2D eigenvalue weighted by molar-refractivity contribution is 5.77. The first-order valence-electron chi connectivity index (χ1n) is 8.08. The molecule has 1 fully saturated rings. The second-order valence-electron chi connectivity index (χ2n) is 6.49. The summed E-state index contributed by atoms with van der Waals surface area (Å²) in [5, 5.41) is 0. The van der Waals surface area contributed by atoms with Crippen LogP contribution in [0.15, 0.2) is 6.20 Å². The van der Waals surface area contributed by atoms with Gasteiger partial charge in [0.15, 0.2) is 0 Å². The number of likely N-dealkylation sites (tertiary alicyclic amines) is 1. The molecule has 0 aromatic carbocycles. The number of nitrogens with zero attached hydrogens (tertiary/aromatic N) is 3. The molecule has 1 amide bonds. The fourth-order valence-corrected chi connectivity index (χ4v) is 3.42. The van der Waals surface area contributed by atoms with Crippen molar-refractivity contribution in [3.05, 3.63) is 17.7 Å². The Bertz CT molecular complexity index is 551. The van der Waals surface area contributed by atoms with Gasteiger partial charge in [0.1, 0.15) is 12.2 Å². The Morgan fingerprint density at radius 1 is 1.43 bits per heavy atom. The average molecular weight is 331 g/mol. The van der Waals surface area contributed by atoms with E-state index in [1.54, 1.807) is 0 Å². The molecule has 0 bridgehead atoms. The highest BCUT2D eigenvalue weighted by Gasteiger charge is 2.37. The molecule has 2 rings (SSSR count). The summed E-state index contributed by atoms with van der Waals surface area (Å²) in [7, 11) is 0. The third-order valence-corrected chi connectivity index (χ3v) is 4.33. The molecule has 1 aromatic rings. The van der Waals surface area contributed by atoms with Crippen LogP contribution in [0, 0.1) is 6.92 Å². The molecule has 23 heavy (non-hydrogen) atoms. The minimum atomic E-state index is -4.44. The lowest BCUT2D eigenvalue weighted by Crippen LogP contribution is -2.38. The molecule has 7 heteroatoms. The van der Waals surface area contributed by atoms with Gasteiger partial charge in [0.2, 0.25) is 5.91 Å². The van der Waals surface area contributed by atoms with Crippen LogP contribution in [-0.4, -0.2) is 39.1 Å². The lowest BCUT2D eigenvalue weighted by atomic mass is 10.1. The van der Waals surface area contributed by atoms with Crippen molar-refractivity contribution in [3.8, 4) is 0 Å². The standard InChI is InChI=1S/C16H24F3N3O/c1-11(2)22-12(3)10-20-14(22)7-6-13-5-4-8-21(13)15(23)9-16(17,18)19/h10-11,13H,4-9H2,1-3H3. The SMILES string of the molecule is Cc1cnc(CCC2CCCN2C(=O)CC(F)(F)F)n1C(C)C. The molecule has 1 saturated heterocycles. The molecule has 0 aliphatic carbocycles. The molecule has 1 unspecified atom stereocenters. The maximum atomic E-state index is 12.4. The van der Waals surface area contributed by atoms with Crippen molar-refractivity contribution in [2.75, 3.05) is 6.54 Å². The highest BCUT2D eigenvalue weighted by Crippen LogP contribution is 2.27. The van der Waals surface area contributed by atoms with E-state index < -0.39 is 18.5 Å². The second kappa shape index (κ2) is 6.93. The zero-order valence-corrected chi connectivity index (χ0v) is 13.9. The molecular formula is C16H24F3N3O. The summed E-state index contributed by atoms with van der Waals surface area (Å²) in [6, 6.07) is 0.182. The van der Waals surface area contributed by atoms with E-state index in [2.05, 4.69) is 23.4 Å². The van der Waals surface area contributed by atoms with E-state index in [0.717, 1.165) is 24.4 Å². The highest BCUT2D eigenvalue weighted by atomic mass is 19.4. The minimum absolute atomic E-state index is 0.109. The number of halogens is 3. The number of alkyl halides is 3. The van der Waals surface area contributed by atoms with Crippen LogP contribution in [0.1, 0.15) is 57.1 Å². The van der Waals surface area contributed by atoms with Gasteiger partial charge in [-0.15, -0.1) is 0 Å². The van der Waals surface area contributed by atoms with Crippen LogP contribution < -0.4 is 0 Å². The summed E-state index contributed by atoms with van der Waals surface area (Å²) >= 11 is 0. The van der Waals surface area contributed by atoms with Crippen LogP contribution in [0.5, 0.6) is 0 Å². The van der Waals surface area contributed by atoms with Gasteiger partial charge in [-0.25, -0.2) is 4.98 Å². The number of hydrogen-bond acceptors (Lipinski definition) is 2. The molecule has 2 heterocycles. The topological polar surface area (TPSA) is 38.1 Å². The van der Waals surface area contributed by atoms with Gasteiger partial charge in [-0.1, -0.05) is 0 Å². The predicted octanol–water partition coefficient (Wildman–Crippen LogP) is 3.65. The third-order valence-electron chi connectivity index (χ3n) is 4.33. The van der Waals surface area contributed by atoms with Crippen molar-refractivity contribution in [3.63, 3.8) is 0 Å². The number of rotatable bonds is 5. The predicted molar refractivity (Wildman–Crippen MR) is 81.1 cm³/mol. The molecule has 4 nitrogen and oxygen atoms in total. The number of hydrogen-bond donors (Lipinski definition) is 0. The average Bonchev–Trinajstić information content (AvgIpc) is 3.00. The van der Waals surface area contributed by atoms with Crippen molar-refractivity contribution in [1.82, 2.24) is 14.5 Å². The van der Waals surface area contributed by atoms with Gasteiger partial charge in [0, 0.05) is 36.9 Å². The van der Waals surface area contributed by atoms with Gasteiger partial charge in [0.25, 0.3) is 0 Å². The van der Waals surface area contributed by atoms with E-state index >= 15 is 0 Å². The summed E-state index contributed by atoms with van der Waals surface area (Å²) in [6.07, 6.45) is -1.11. The number of amides is 1. The zero-order chi connectivity index (χ0) is 17.2. The summed E-state index contributed by atoms with van der Waals surface area (Å²) < 4.78 is 39.4. The first kappa shape index (κ1) is 17.8. The smallest absolute Gasteiger partial charge is 0.339 e. The van der Waals surface area contributed by atoms with E-state index in [1.807, 2.05) is 13.1 Å². The van der Waals surface area contributed by atoms with Crippen LogP contribution in [0.25, 0.3) is 0 Å². The minimum Gasteiger partial charge on any atom is -0.339 e. The molecule has 1 aliphatic heterocycles. The molecule has 0 radical (unpaired) electrons. The van der Waals surface area contributed by atoms with E-state index in [0.29, 0.717) is 25.4 Å². The molecule has 0 saturated carbocycles. The van der Waals surface area contributed by atoms with E-state index in [9.17, 15) is 18.0 Å². The molecule has 1 aromatic heterocycles. The molecule has 0 N–H and O–H groups in total. The largest absolute Gasteiger partial charge is 0.397 e. The van der Waals surface area contributed by atoms with Crippen molar-refractivity contribution >= 4 is 5.91 Å². The molecular weight excluding hydrogens is 307 g/mol. The second-order valence-corrected chi connectivity index (χ2v) is 6.49. The van der Waals surface area contributed by atoms with Gasteiger partial charge in [0.05, 0.1) is 0 Å². The molecule has 1 aliphatic rings. The Kier molecular flexibility index (Phi) is 5.37. The number of carbonyl (C=O) groups excluding carboxylic acids is 1. The fourth-order valence-electron chi connectivity index (χ4n) is 3.42. The van der Waals surface area contributed by atoms with Crippen LogP contribution in [0.4, 0.5) is 13.2 Å². The Morgan fingerprint density at radius 2 is 2.13 bits per heavy atom. The van der Waals surface area contributed by atoms with Crippen LogP contribution in [-0.2, 0) is 11.2 Å². The number of aryl methyl sites for hydroxylation is 2. The molecule has 0 spiro atoms. The van der Waals surface area contributed by atoms with Gasteiger partial charge in [-0.05, 0) is 40.0 Å². The number of carbonyl (C=O) groups is 1. The van der Waals surface area contributed by atoms with Crippen molar-refractivity contribution in [2.24, 2.45) is 0 Å². The zero-order valence-electron chi connectivity index (χ0n) is 13.9. The van der Waals surface area contributed by atoms with Crippen LogP contribution in [0.3, 0.4) is 0 Å². The number of aromatic nitrogens is 2. The summed E-state index contributed by atoms with van der Waals surface area (Å²) in [4.78, 5) is 17.7. The van der Waals surface area contributed by atoms with Gasteiger partial charge >= 0.3 is 6.18 Å². The normalized spacial score (nSPS) is 18.9. The van der Waals surface area contributed by atoms with Gasteiger partial charge in [-0.2, -0.15) is 13.2 Å². The lowest BCUT2D eigenvalue weighted by molar-refractivity contribution is -0.162. The van der Waals surface area contributed by atoms with Crippen molar-refractivity contribution in [2.45, 2.75) is 71.1 Å². The first-order chi connectivity index (χ1) is 10.7. The monoisotopic (exact) mass is 331 g/mol. The Morgan fingerprint density at radius 3 is 2.74 bits per heavy atom. The van der Waals surface area contributed by atoms with E-state index in [4.69, 9.17) is 0 Å². The fraction of sp³-hybridized carbons (Fsp3) is 0.750.